The lowest BCUT2D eigenvalue weighted by Crippen LogP contribution is -2.56. The number of halogens is 1. The number of nitrogens with zero attached hydrogens (tertiary/aromatic N) is 1. The van der Waals surface area contributed by atoms with Gasteiger partial charge in [0.15, 0.2) is 0 Å². The lowest BCUT2D eigenvalue weighted by atomic mass is 10.1. The maximum absolute atomic E-state index is 12.5. The van der Waals surface area contributed by atoms with Crippen LogP contribution in [-0.4, -0.2) is 35.8 Å². The van der Waals surface area contributed by atoms with Crippen LogP contribution in [0.1, 0.15) is 29.3 Å². The summed E-state index contributed by atoms with van der Waals surface area (Å²) >= 11 is 5.98. The third-order valence-corrected chi connectivity index (χ3v) is 3.49. The van der Waals surface area contributed by atoms with Gasteiger partial charge in [-0.15, -0.1) is 0 Å². The Hall–Kier alpha value is -1.55. The Labute approximate surface area is 117 Å². The highest BCUT2D eigenvalue weighted by Gasteiger charge is 2.32. The minimum atomic E-state index is -0.388. The molecule has 102 valence electrons. The third-order valence-electron chi connectivity index (χ3n) is 3.27. The maximum atomic E-state index is 12.5. The third kappa shape index (κ3) is 2.89. The summed E-state index contributed by atoms with van der Waals surface area (Å²) < 4.78 is 0. The Morgan fingerprint density at radius 2 is 2.21 bits per heavy atom. The second-order valence-electron chi connectivity index (χ2n) is 4.73. The lowest BCUT2D eigenvalue weighted by molar-refractivity contribution is -0.127. The van der Waals surface area contributed by atoms with E-state index < -0.39 is 0 Å². The molecule has 1 unspecified atom stereocenters. The molecule has 1 aromatic carbocycles. The van der Waals surface area contributed by atoms with Crippen molar-refractivity contribution in [2.45, 2.75) is 26.3 Å². The predicted molar refractivity (Wildman–Crippen MR) is 74.3 cm³/mol. The van der Waals surface area contributed by atoms with Crippen LogP contribution in [0.4, 0.5) is 0 Å². The molecule has 1 aliphatic heterocycles. The first-order valence-electron chi connectivity index (χ1n) is 6.38. The van der Waals surface area contributed by atoms with Gasteiger partial charge in [-0.2, -0.15) is 0 Å². The van der Waals surface area contributed by atoms with E-state index in [-0.39, 0.29) is 17.9 Å². The van der Waals surface area contributed by atoms with E-state index in [1.807, 2.05) is 13.8 Å². The Morgan fingerprint density at radius 3 is 2.84 bits per heavy atom. The molecule has 1 heterocycles. The number of nitrogens with one attached hydrogen (secondary N) is 1. The predicted octanol–water partition coefficient (Wildman–Crippen LogP) is 2.00. The molecule has 0 saturated carbocycles. The number of benzene rings is 1. The minimum Gasteiger partial charge on any atom is -0.353 e. The van der Waals surface area contributed by atoms with E-state index in [1.54, 1.807) is 23.1 Å². The molecule has 1 aliphatic rings. The van der Waals surface area contributed by atoms with Crippen LogP contribution in [0.15, 0.2) is 18.2 Å². The van der Waals surface area contributed by atoms with Crippen molar-refractivity contribution >= 4 is 23.4 Å². The molecule has 1 saturated heterocycles. The molecule has 1 aromatic rings. The first-order valence-corrected chi connectivity index (χ1v) is 6.76. The second-order valence-corrected chi connectivity index (χ2v) is 5.17. The van der Waals surface area contributed by atoms with E-state index in [1.165, 1.54) is 0 Å². The van der Waals surface area contributed by atoms with Gasteiger partial charge in [0, 0.05) is 23.7 Å². The van der Waals surface area contributed by atoms with Gasteiger partial charge in [0.1, 0.15) is 6.04 Å². The van der Waals surface area contributed by atoms with Gasteiger partial charge in [0.25, 0.3) is 5.91 Å². The zero-order chi connectivity index (χ0) is 14.0. The fourth-order valence-electron chi connectivity index (χ4n) is 2.39. The summed E-state index contributed by atoms with van der Waals surface area (Å²) in [5, 5.41) is 3.32. The van der Waals surface area contributed by atoms with Crippen molar-refractivity contribution in [3.8, 4) is 0 Å². The maximum Gasteiger partial charge on any atom is 0.254 e. The van der Waals surface area contributed by atoms with Crippen LogP contribution in [0.25, 0.3) is 0 Å². The molecule has 0 bridgehead atoms. The van der Waals surface area contributed by atoms with Crippen LogP contribution in [0, 0.1) is 6.92 Å². The molecule has 19 heavy (non-hydrogen) atoms. The number of hydrogen-bond donors (Lipinski definition) is 1. The van der Waals surface area contributed by atoms with Crippen molar-refractivity contribution in [1.82, 2.24) is 10.2 Å². The van der Waals surface area contributed by atoms with E-state index in [4.69, 9.17) is 11.6 Å². The molecule has 5 heteroatoms. The number of carbonyl (C=O) groups is 2. The summed E-state index contributed by atoms with van der Waals surface area (Å²) in [6.45, 7) is 4.83. The highest BCUT2D eigenvalue weighted by atomic mass is 35.5. The molecule has 0 aliphatic carbocycles. The van der Waals surface area contributed by atoms with Gasteiger partial charge in [-0.3, -0.25) is 9.59 Å². The lowest BCUT2D eigenvalue weighted by Gasteiger charge is -2.34. The van der Waals surface area contributed by atoms with Crippen LogP contribution >= 0.6 is 11.6 Å². The van der Waals surface area contributed by atoms with Gasteiger partial charge < -0.3 is 10.2 Å². The molecule has 2 amide bonds. The van der Waals surface area contributed by atoms with Gasteiger partial charge in [-0.05, 0) is 37.1 Å². The molecule has 1 fully saturated rings. The quantitative estimate of drug-likeness (QED) is 0.901. The van der Waals surface area contributed by atoms with Crippen molar-refractivity contribution in [2.24, 2.45) is 0 Å². The number of piperazine rings is 1. The molecule has 0 aromatic heterocycles. The monoisotopic (exact) mass is 280 g/mol. The molecule has 1 atom stereocenters. The summed E-state index contributed by atoms with van der Waals surface area (Å²) in [7, 11) is 0. The van der Waals surface area contributed by atoms with E-state index in [2.05, 4.69) is 5.32 Å². The number of hydrogen-bond acceptors (Lipinski definition) is 2. The SMILES string of the molecule is CCC1C(=O)NCCN1C(=O)c1cc(C)cc(Cl)c1. The van der Waals surface area contributed by atoms with Crippen LogP contribution in [0.5, 0.6) is 0 Å². The van der Waals surface area contributed by atoms with Gasteiger partial charge in [0.05, 0.1) is 0 Å². The van der Waals surface area contributed by atoms with Crippen molar-refractivity contribution in [2.75, 3.05) is 13.1 Å². The highest BCUT2D eigenvalue weighted by molar-refractivity contribution is 6.31. The first kappa shape index (κ1) is 13.9. The molecular weight excluding hydrogens is 264 g/mol. The molecule has 1 N–H and O–H groups in total. The summed E-state index contributed by atoms with van der Waals surface area (Å²) in [4.78, 5) is 25.9. The second kappa shape index (κ2) is 5.61. The average Bonchev–Trinajstić information content (AvgIpc) is 2.36. The Morgan fingerprint density at radius 1 is 1.47 bits per heavy atom. The largest absolute Gasteiger partial charge is 0.353 e. The first-order chi connectivity index (χ1) is 9.02. The molecule has 0 spiro atoms. The van der Waals surface area contributed by atoms with Crippen molar-refractivity contribution in [3.05, 3.63) is 34.3 Å². The molecule has 2 rings (SSSR count). The highest BCUT2D eigenvalue weighted by Crippen LogP contribution is 2.19. The van der Waals surface area contributed by atoms with E-state index in [0.717, 1.165) is 5.56 Å². The number of rotatable bonds is 2. The standard InChI is InChI=1S/C14H17ClN2O2/c1-3-12-13(18)16-4-5-17(12)14(19)10-6-9(2)7-11(15)8-10/h6-8,12H,3-5H2,1-2H3,(H,16,18). The van der Waals surface area contributed by atoms with E-state index in [0.29, 0.717) is 30.1 Å². The van der Waals surface area contributed by atoms with Crippen molar-refractivity contribution in [3.63, 3.8) is 0 Å². The fourth-order valence-corrected chi connectivity index (χ4v) is 2.68. The zero-order valence-electron chi connectivity index (χ0n) is 11.1. The summed E-state index contributed by atoms with van der Waals surface area (Å²) in [6, 6.07) is 4.86. The Balaban J connectivity index is 2.29. The summed E-state index contributed by atoms with van der Waals surface area (Å²) in [5.74, 6) is -0.215. The van der Waals surface area contributed by atoms with Gasteiger partial charge in [-0.25, -0.2) is 0 Å². The van der Waals surface area contributed by atoms with Crippen LogP contribution in [0.3, 0.4) is 0 Å². The van der Waals surface area contributed by atoms with Crippen LogP contribution in [0.2, 0.25) is 5.02 Å². The number of carbonyl (C=O) groups excluding carboxylic acids is 2. The zero-order valence-corrected chi connectivity index (χ0v) is 11.8. The van der Waals surface area contributed by atoms with Gasteiger partial charge in [-0.1, -0.05) is 18.5 Å². The van der Waals surface area contributed by atoms with Gasteiger partial charge >= 0.3 is 0 Å². The Kier molecular flexibility index (Phi) is 4.10. The topological polar surface area (TPSA) is 49.4 Å². The van der Waals surface area contributed by atoms with Crippen molar-refractivity contribution < 1.29 is 9.59 Å². The van der Waals surface area contributed by atoms with Gasteiger partial charge in [0.2, 0.25) is 5.91 Å². The summed E-state index contributed by atoms with van der Waals surface area (Å²) in [6.07, 6.45) is 0.608. The fraction of sp³-hybridized carbons (Fsp3) is 0.429. The minimum absolute atomic E-state index is 0.0825. The van der Waals surface area contributed by atoms with E-state index >= 15 is 0 Å². The average molecular weight is 281 g/mol. The molecular formula is C14H17ClN2O2. The van der Waals surface area contributed by atoms with Crippen LogP contribution in [-0.2, 0) is 4.79 Å². The van der Waals surface area contributed by atoms with E-state index in [9.17, 15) is 9.59 Å². The normalized spacial score (nSPS) is 19.2. The summed E-state index contributed by atoms with van der Waals surface area (Å²) in [5.41, 5.74) is 1.48. The smallest absolute Gasteiger partial charge is 0.254 e. The number of aryl methyl sites for hydroxylation is 1. The Bertz CT molecular complexity index is 496. The molecule has 0 radical (unpaired) electrons. The van der Waals surface area contributed by atoms with Crippen molar-refractivity contribution in [1.29, 1.82) is 0 Å². The van der Waals surface area contributed by atoms with Crippen LogP contribution < -0.4 is 5.32 Å². The molecule has 4 nitrogen and oxygen atoms in total. The number of amides is 2.